The minimum Gasteiger partial charge on any atom is -0.493 e. The number of ether oxygens (including phenoxy) is 2. The molecule has 1 N–H and O–H groups in total. The number of nitrogens with one attached hydrogen (secondary N) is 1. The van der Waals surface area contributed by atoms with Gasteiger partial charge in [-0.2, -0.15) is 0 Å². The predicted molar refractivity (Wildman–Crippen MR) is 87.0 cm³/mol. The summed E-state index contributed by atoms with van der Waals surface area (Å²) >= 11 is 9.63. The van der Waals surface area contributed by atoms with Crippen LogP contribution in [-0.2, 0) is 13.2 Å². The third-order valence-electron chi connectivity index (χ3n) is 2.82. The zero-order chi connectivity index (χ0) is 15.2. The number of hydrogen-bond donors (Lipinski definition) is 1. The van der Waals surface area contributed by atoms with Crippen molar-refractivity contribution in [2.24, 2.45) is 0 Å². The van der Waals surface area contributed by atoms with Crippen LogP contribution in [-0.4, -0.2) is 19.1 Å². The maximum absolute atomic E-state index is 6.28. The lowest BCUT2D eigenvalue weighted by Crippen LogP contribution is -2.06. The molecule has 21 heavy (non-hydrogen) atoms. The van der Waals surface area contributed by atoms with Crippen LogP contribution in [0.2, 0.25) is 5.02 Å². The number of hydrogen-bond acceptors (Lipinski definition) is 4. The summed E-state index contributed by atoms with van der Waals surface area (Å²) in [6.07, 6.45) is 1.73. The average molecular weight is 372 g/mol. The fraction of sp³-hybridized carbons (Fsp3) is 0.267. The molecule has 112 valence electrons. The number of pyridine rings is 1. The van der Waals surface area contributed by atoms with E-state index in [9.17, 15) is 0 Å². The zero-order valence-electron chi connectivity index (χ0n) is 11.8. The van der Waals surface area contributed by atoms with Gasteiger partial charge in [0, 0.05) is 17.2 Å². The van der Waals surface area contributed by atoms with Crippen LogP contribution in [0.15, 0.2) is 34.9 Å². The van der Waals surface area contributed by atoms with Gasteiger partial charge in [-0.05, 0) is 52.8 Å². The topological polar surface area (TPSA) is 43.4 Å². The highest BCUT2D eigenvalue weighted by Gasteiger charge is 2.12. The fourth-order valence-electron chi connectivity index (χ4n) is 1.86. The van der Waals surface area contributed by atoms with E-state index in [0.717, 1.165) is 15.7 Å². The van der Waals surface area contributed by atoms with Crippen molar-refractivity contribution in [3.63, 3.8) is 0 Å². The average Bonchev–Trinajstić information content (AvgIpc) is 2.47. The molecular formula is C15H16BrClN2O2. The Morgan fingerprint density at radius 3 is 2.76 bits per heavy atom. The van der Waals surface area contributed by atoms with Crippen molar-refractivity contribution in [3.8, 4) is 11.5 Å². The number of methoxy groups -OCH3 is 1. The maximum atomic E-state index is 6.28. The van der Waals surface area contributed by atoms with Crippen LogP contribution in [0.25, 0.3) is 0 Å². The molecule has 0 fully saturated rings. The van der Waals surface area contributed by atoms with Gasteiger partial charge in [0.25, 0.3) is 0 Å². The van der Waals surface area contributed by atoms with Gasteiger partial charge < -0.3 is 14.8 Å². The van der Waals surface area contributed by atoms with Crippen molar-refractivity contribution >= 4 is 27.5 Å². The quantitative estimate of drug-likeness (QED) is 0.838. The first-order valence-electron chi connectivity index (χ1n) is 6.38. The summed E-state index contributed by atoms with van der Waals surface area (Å²) in [6, 6.07) is 7.58. The van der Waals surface area contributed by atoms with Gasteiger partial charge in [0.05, 0.1) is 17.8 Å². The molecular weight excluding hydrogens is 356 g/mol. The van der Waals surface area contributed by atoms with E-state index in [0.29, 0.717) is 29.7 Å². The third-order valence-corrected chi connectivity index (χ3v) is 3.57. The van der Waals surface area contributed by atoms with Crippen molar-refractivity contribution in [3.05, 3.63) is 51.2 Å². The molecule has 2 aromatic rings. The Bertz CT molecular complexity index is 605. The Kier molecular flexibility index (Phi) is 5.85. The number of halogens is 2. The summed E-state index contributed by atoms with van der Waals surface area (Å²) < 4.78 is 12.0. The second-order valence-electron chi connectivity index (χ2n) is 4.40. The van der Waals surface area contributed by atoms with E-state index in [2.05, 4.69) is 26.2 Å². The minimum absolute atomic E-state index is 0.328. The molecule has 0 aliphatic carbocycles. The van der Waals surface area contributed by atoms with Crippen molar-refractivity contribution in [2.45, 2.75) is 13.2 Å². The molecule has 0 unspecified atom stereocenters. The lowest BCUT2D eigenvalue weighted by molar-refractivity contribution is 0.280. The van der Waals surface area contributed by atoms with Gasteiger partial charge in [-0.1, -0.05) is 11.6 Å². The molecule has 0 spiro atoms. The molecule has 0 saturated heterocycles. The summed E-state index contributed by atoms with van der Waals surface area (Å²) in [5.74, 6) is 1.15. The van der Waals surface area contributed by atoms with Crippen LogP contribution in [0, 0.1) is 0 Å². The van der Waals surface area contributed by atoms with Gasteiger partial charge in [-0.15, -0.1) is 0 Å². The van der Waals surface area contributed by atoms with E-state index in [-0.39, 0.29) is 0 Å². The smallest absolute Gasteiger partial charge is 0.180 e. The van der Waals surface area contributed by atoms with Crippen molar-refractivity contribution in [2.75, 3.05) is 14.2 Å². The first-order valence-corrected chi connectivity index (χ1v) is 7.55. The maximum Gasteiger partial charge on any atom is 0.180 e. The number of aromatic nitrogens is 1. The Labute approximate surface area is 137 Å². The molecule has 0 saturated carbocycles. The molecule has 0 aliphatic heterocycles. The molecule has 6 heteroatoms. The van der Waals surface area contributed by atoms with E-state index >= 15 is 0 Å². The van der Waals surface area contributed by atoms with Gasteiger partial charge in [0.15, 0.2) is 11.5 Å². The van der Waals surface area contributed by atoms with E-state index in [1.54, 1.807) is 13.3 Å². The summed E-state index contributed by atoms with van der Waals surface area (Å²) in [7, 11) is 3.48. The Morgan fingerprint density at radius 2 is 2.14 bits per heavy atom. The lowest BCUT2D eigenvalue weighted by atomic mass is 10.2. The van der Waals surface area contributed by atoms with Crippen molar-refractivity contribution in [1.82, 2.24) is 10.3 Å². The first-order chi connectivity index (χ1) is 10.1. The second-order valence-corrected chi connectivity index (χ2v) is 5.72. The molecule has 0 amide bonds. The Balaban J connectivity index is 2.16. The molecule has 1 heterocycles. The van der Waals surface area contributed by atoms with Gasteiger partial charge in [-0.25, -0.2) is 0 Å². The van der Waals surface area contributed by atoms with Gasteiger partial charge >= 0.3 is 0 Å². The van der Waals surface area contributed by atoms with E-state index < -0.39 is 0 Å². The standard InChI is InChI=1S/C15H16BrClN2O2/c1-18-7-10-5-13(17)15(14(6-10)20-2)21-9-12-4-3-11(16)8-19-12/h3-6,8,18H,7,9H2,1-2H3. The number of nitrogens with zero attached hydrogens (tertiary/aromatic N) is 1. The number of benzene rings is 1. The van der Waals surface area contributed by atoms with Gasteiger partial charge in [0.1, 0.15) is 6.61 Å². The molecule has 1 aromatic carbocycles. The minimum atomic E-state index is 0.328. The van der Waals surface area contributed by atoms with E-state index in [4.69, 9.17) is 21.1 Å². The van der Waals surface area contributed by atoms with E-state index in [1.807, 2.05) is 31.3 Å². The van der Waals surface area contributed by atoms with Gasteiger partial charge in [0.2, 0.25) is 0 Å². The molecule has 1 aromatic heterocycles. The number of rotatable bonds is 6. The molecule has 2 rings (SSSR count). The van der Waals surface area contributed by atoms with Crippen molar-refractivity contribution in [1.29, 1.82) is 0 Å². The SMILES string of the molecule is CNCc1cc(Cl)c(OCc2ccc(Br)cn2)c(OC)c1. The summed E-state index contributed by atoms with van der Waals surface area (Å²) in [5.41, 5.74) is 1.85. The molecule has 0 atom stereocenters. The van der Waals surface area contributed by atoms with Gasteiger partial charge in [-0.3, -0.25) is 4.98 Å². The van der Waals surface area contributed by atoms with Crippen molar-refractivity contribution < 1.29 is 9.47 Å². The highest BCUT2D eigenvalue weighted by Crippen LogP contribution is 2.36. The van der Waals surface area contributed by atoms with E-state index in [1.165, 1.54) is 0 Å². The second kappa shape index (κ2) is 7.64. The Hall–Kier alpha value is -1.30. The van der Waals surface area contributed by atoms with Crippen LogP contribution >= 0.6 is 27.5 Å². The van der Waals surface area contributed by atoms with Crippen LogP contribution in [0.4, 0.5) is 0 Å². The molecule has 0 bridgehead atoms. The van der Waals surface area contributed by atoms with Crippen LogP contribution in [0.5, 0.6) is 11.5 Å². The fourth-order valence-corrected chi connectivity index (χ4v) is 2.38. The van der Waals surface area contributed by atoms with Crippen LogP contribution in [0.1, 0.15) is 11.3 Å². The predicted octanol–water partition coefficient (Wildman–Crippen LogP) is 3.80. The monoisotopic (exact) mass is 370 g/mol. The first kappa shape index (κ1) is 16.1. The summed E-state index contributed by atoms with van der Waals surface area (Å²) in [5, 5.41) is 3.60. The largest absolute Gasteiger partial charge is 0.493 e. The normalized spacial score (nSPS) is 10.5. The Morgan fingerprint density at radius 1 is 1.33 bits per heavy atom. The van der Waals surface area contributed by atoms with Crippen LogP contribution < -0.4 is 14.8 Å². The molecule has 0 radical (unpaired) electrons. The van der Waals surface area contributed by atoms with Crippen LogP contribution in [0.3, 0.4) is 0 Å². The summed E-state index contributed by atoms with van der Waals surface area (Å²) in [4.78, 5) is 4.26. The highest BCUT2D eigenvalue weighted by atomic mass is 79.9. The lowest BCUT2D eigenvalue weighted by Gasteiger charge is -2.14. The highest BCUT2D eigenvalue weighted by molar-refractivity contribution is 9.10. The molecule has 0 aliphatic rings. The zero-order valence-corrected chi connectivity index (χ0v) is 14.2. The third kappa shape index (κ3) is 4.33. The molecule has 4 nitrogen and oxygen atoms in total. The summed E-state index contributed by atoms with van der Waals surface area (Å²) in [6.45, 7) is 1.04.